The highest BCUT2D eigenvalue weighted by Gasteiger charge is 2.33. The Morgan fingerprint density at radius 1 is 1.28 bits per heavy atom. The van der Waals surface area contributed by atoms with Crippen molar-refractivity contribution in [1.82, 2.24) is 14.6 Å². The summed E-state index contributed by atoms with van der Waals surface area (Å²) in [5.41, 5.74) is 1.25. The molecule has 1 aromatic carbocycles. The van der Waals surface area contributed by atoms with Crippen LogP contribution in [0.1, 0.15) is 29.8 Å². The number of carbonyl (C=O) groups excluding carboxylic acids is 1. The molecule has 156 valence electrons. The molecule has 1 aromatic heterocycles. The van der Waals surface area contributed by atoms with Gasteiger partial charge in [-0.3, -0.25) is 9.78 Å². The molecule has 0 aliphatic carbocycles. The van der Waals surface area contributed by atoms with Gasteiger partial charge in [-0.05, 0) is 50.1 Å². The van der Waals surface area contributed by atoms with Gasteiger partial charge in [0.25, 0.3) is 5.91 Å². The molecule has 1 fully saturated rings. The molecule has 9 heteroatoms. The van der Waals surface area contributed by atoms with E-state index in [1.54, 1.807) is 12.4 Å². The van der Waals surface area contributed by atoms with E-state index >= 15 is 0 Å². The van der Waals surface area contributed by atoms with Crippen LogP contribution in [0.2, 0.25) is 5.02 Å². The first-order valence-corrected chi connectivity index (χ1v) is 11.2. The van der Waals surface area contributed by atoms with Crippen LogP contribution in [0.4, 0.5) is 0 Å². The second-order valence-electron chi connectivity index (χ2n) is 7.09. The van der Waals surface area contributed by atoms with Gasteiger partial charge < -0.3 is 10.1 Å². The highest BCUT2D eigenvalue weighted by molar-refractivity contribution is 7.89. The third-order valence-corrected chi connectivity index (χ3v) is 6.93. The summed E-state index contributed by atoms with van der Waals surface area (Å²) < 4.78 is 33.2. The van der Waals surface area contributed by atoms with Crippen molar-refractivity contribution in [3.8, 4) is 0 Å². The van der Waals surface area contributed by atoms with Gasteiger partial charge >= 0.3 is 0 Å². The Balaban J connectivity index is 1.74. The smallest absolute Gasteiger partial charge is 0.251 e. The molecule has 1 aliphatic heterocycles. The Kier molecular flexibility index (Phi) is 6.89. The zero-order valence-electron chi connectivity index (χ0n) is 16.3. The first-order chi connectivity index (χ1) is 13.8. The lowest BCUT2D eigenvalue weighted by molar-refractivity contribution is -0.0440. The number of morpholine rings is 1. The van der Waals surface area contributed by atoms with Crippen LogP contribution < -0.4 is 5.32 Å². The number of aromatic nitrogens is 1. The molecule has 3 rings (SSSR count). The first-order valence-electron chi connectivity index (χ1n) is 9.39. The fourth-order valence-electron chi connectivity index (χ4n) is 3.28. The Morgan fingerprint density at radius 3 is 2.66 bits per heavy atom. The summed E-state index contributed by atoms with van der Waals surface area (Å²) >= 11 is 6.19. The first kappa shape index (κ1) is 21.7. The Morgan fingerprint density at radius 2 is 2.00 bits per heavy atom. The molecule has 1 N–H and O–H groups in total. The highest BCUT2D eigenvalue weighted by Crippen LogP contribution is 2.28. The largest absolute Gasteiger partial charge is 0.373 e. The molecule has 2 aromatic rings. The van der Waals surface area contributed by atoms with Crippen LogP contribution in [-0.2, 0) is 21.2 Å². The van der Waals surface area contributed by atoms with Crippen molar-refractivity contribution in [1.29, 1.82) is 0 Å². The molecule has 1 aliphatic rings. The van der Waals surface area contributed by atoms with Crippen molar-refractivity contribution in [2.24, 2.45) is 0 Å². The van der Waals surface area contributed by atoms with Crippen molar-refractivity contribution < 1.29 is 17.9 Å². The maximum atomic E-state index is 13.1. The van der Waals surface area contributed by atoms with E-state index in [1.165, 1.54) is 22.5 Å². The van der Waals surface area contributed by atoms with Crippen molar-refractivity contribution >= 4 is 27.5 Å². The lowest BCUT2D eigenvalue weighted by atomic mass is 10.2. The normalized spacial score (nSPS) is 20.4. The van der Waals surface area contributed by atoms with Crippen LogP contribution in [0.3, 0.4) is 0 Å². The van der Waals surface area contributed by atoms with E-state index in [2.05, 4.69) is 10.3 Å². The second kappa shape index (κ2) is 9.21. The molecule has 0 saturated carbocycles. The number of halogens is 1. The monoisotopic (exact) mass is 437 g/mol. The van der Waals surface area contributed by atoms with Gasteiger partial charge in [-0.1, -0.05) is 17.7 Å². The van der Waals surface area contributed by atoms with Gasteiger partial charge in [0, 0.05) is 37.6 Å². The number of carbonyl (C=O) groups is 1. The number of nitrogens with one attached hydrogen (secondary N) is 1. The average molecular weight is 438 g/mol. The van der Waals surface area contributed by atoms with Gasteiger partial charge in [-0.25, -0.2) is 8.42 Å². The zero-order chi connectivity index (χ0) is 21.0. The van der Waals surface area contributed by atoms with E-state index in [4.69, 9.17) is 16.3 Å². The van der Waals surface area contributed by atoms with E-state index in [0.717, 1.165) is 5.56 Å². The number of nitrogens with zero attached hydrogens (tertiary/aromatic N) is 2. The quantitative estimate of drug-likeness (QED) is 0.750. The highest BCUT2D eigenvalue weighted by atomic mass is 35.5. The van der Waals surface area contributed by atoms with E-state index in [1.807, 2.05) is 26.0 Å². The zero-order valence-corrected chi connectivity index (χ0v) is 17.9. The van der Waals surface area contributed by atoms with Crippen LogP contribution >= 0.6 is 11.6 Å². The van der Waals surface area contributed by atoms with E-state index in [9.17, 15) is 13.2 Å². The van der Waals surface area contributed by atoms with Crippen LogP contribution in [0.25, 0.3) is 0 Å². The van der Waals surface area contributed by atoms with Gasteiger partial charge in [0.2, 0.25) is 10.0 Å². The summed E-state index contributed by atoms with van der Waals surface area (Å²) in [7, 11) is -3.84. The minimum atomic E-state index is -3.84. The van der Waals surface area contributed by atoms with Gasteiger partial charge in [0.15, 0.2) is 0 Å². The van der Waals surface area contributed by atoms with Crippen molar-refractivity contribution in [3.63, 3.8) is 0 Å². The molecule has 7 nitrogen and oxygen atoms in total. The van der Waals surface area contributed by atoms with Gasteiger partial charge in [0.1, 0.15) is 4.90 Å². The summed E-state index contributed by atoms with van der Waals surface area (Å²) in [5.74, 6) is -0.356. The predicted molar refractivity (Wildman–Crippen MR) is 110 cm³/mol. The average Bonchev–Trinajstić information content (AvgIpc) is 2.68. The van der Waals surface area contributed by atoms with Crippen LogP contribution in [0.5, 0.6) is 0 Å². The fourth-order valence-corrected chi connectivity index (χ4v) is 5.37. The van der Waals surface area contributed by atoms with Crippen LogP contribution in [0.15, 0.2) is 47.6 Å². The molecule has 1 saturated heterocycles. The van der Waals surface area contributed by atoms with Crippen LogP contribution in [-0.4, -0.2) is 55.5 Å². The number of hydrogen-bond donors (Lipinski definition) is 1. The maximum absolute atomic E-state index is 13.1. The van der Waals surface area contributed by atoms with Crippen molar-refractivity contribution in [3.05, 3.63) is 58.9 Å². The Bertz CT molecular complexity index is 959. The SMILES string of the molecule is CC1CN(S(=O)(=O)c2cc(C(=O)NCCc3cccnc3)ccc2Cl)CC(C)O1. The number of amides is 1. The van der Waals surface area contributed by atoms with E-state index < -0.39 is 10.0 Å². The summed E-state index contributed by atoms with van der Waals surface area (Å²) in [6.07, 6.45) is 3.62. The Hall–Kier alpha value is -2.00. The molecule has 0 radical (unpaired) electrons. The van der Waals surface area contributed by atoms with Crippen LogP contribution in [0, 0.1) is 0 Å². The molecular formula is C20H24ClN3O4S. The number of ether oxygens (including phenoxy) is 1. The number of hydrogen-bond acceptors (Lipinski definition) is 5. The molecule has 2 heterocycles. The molecular weight excluding hydrogens is 414 g/mol. The fraction of sp³-hybridized carbons (Fsp3) is 0.400. The van der Waals surface area contributed by atoms with Gasteiger partial charge in [-0.15, -0.1) is 0 Å². The second-order valence-corrected chi connectivity index (χ2v) is 9.41. The summed E-state index contributed by atoms with van der Waals surface area (Å²) in [5, 5.41) is 2.89. The van der Waals surface area contributed by atoms with Gasteiger partial charge in [-0.2, -0.15) is 4.31 Å². The minimum Gasteiger partial charge on any atom is -0.373 e. The van der Waals surface area contributed by atoms with E-state index in [0.29, 0.717) is 13.0 Å². The molecule has 0 bridgehead atoms. The standard InChI is InChI=1S/C20H24ClN3O4S/c1-14-12-24(13-15(2)28-14)29(26,27)19-10-17(5-6-18(19)21)20(25)23-9-7-16-4-3-8-22-11-16/h3-6,8,10-11,14-15H,7,9,12-13H2,1-2H3,(H,23,25). The summed E-state index contributed by atoms with van der Waals surface area (Å²) in [6, 6.07) is 8.06. The number of rotatable bonds is 6. The Labute approximate surface area is 176 Å². The lowest BCUT2D eigenvalue weighted by Crippen LogP contribution is -2.48. The summed E-state index contributed by atoms with van der Waals surface area (Å²) in [4.78, 5) is 16.5. The number of benzene rings is 1. The van der Waals surface area contributed by atoms with Gasteiger partial charge in [0.05, 0.1) is 17.2 Å². The van der Waals surface area contributed by atoms with E-state index in [-0.39, 0.29) is 46.7 Å². The minimum absolute atomic E-state index is 0.0691. The predicted octanol–water partition coefficient (Wildman–Crippen LogP) is 2.51. The molecule has 0 spiro atoms. The molecule has 1 amide bonds. The third-order valence-electron chi connectivity index (χ3n) is 4.62. The van der Waals surface area contributed by atoms with Crippen molar-refractivity contribution in [2.45, 2.75) is 37.4 Å². The number of pyridine rings is 1. The number of sulfonamides is 1. The molecule has 2 atom stereocenters. The summed E-state index contributed by atoms with van der Waals surface area (Å²) in [6.45, 7) is 4.54. The lowest BCUT2D eigenvalue weighted by Gasteiger charge is -2.34. The third kappa shape index (κ3) is 5.33. The van der Waals surface area contributed by atoms with Crippen molar-refractivity contribution in [2.75, 3.05) is 19.6 Å². The molecule has 2 unspecified atom stereocenters. The topological polar surface area (TPSA) is 88.6 Å². The maximum Gasteiger partial charge on any atom is 0.251 e. The molecule has 29 heavy (non-hydrogen) atoms.